The summed E-state index contributed by atoms with van der Waals surface area (Å²) < 4.78 is 40.4. The van der Waals surface area contributed by atoms with Crippen LogP contribution in [-0.4, -0.2) is 41.8 Å². The lowest BCUT2D eigenvalue weighted by Gasteiger charge is -2.30. The topological polar surface area (TPSA) is 91.6 Å². The molecule has 2 rings (SSSR count). The second-order valence-electron chi connectivity index (χ2n) is 5.74. The lowest BCUT2D eigenvalue weighted by molar-refractivity contribution is -0.140. The number of anilines is 1. The van der Waals surface area contributed by atoms with Gasteiger partial charge in [-0.05, 0) is 31.4 Å². The van der Waals surface area contributed by atoms with E-state index in [2.05, 4.69) is 4.98 Å². The Labute approximate surface area is 138 Å². The number of pyridine rings is 1. The summed E-state index contributed by atoms with van der Waals surface area (Å²) in [6.07, 6.45) is -1.87. The fraction of sp³-hybridized carbons (Fsp3) is 0.533. The van der Waals surface area contributed by atoms with Crippen LogP contribution in [0.1, 0.15) is 30.7 Å². The molecule has 2 heterocycles. The van der Waals surface area contributed by atoms with E-state index in [0.29, 0.717) is 13.1 Å². The van der Waals surface area contributed by atoms with Crippen molar-refractivity contribution >= 4 is 11.4 Å². The highest BCUT2D eigenvalue weighted by Crippen LogP contribution is 2.37. The molecule has 0 bridgehead atoms. The second kappa shape index (κ2) is 7.27. The van der Waals surface area contributed by atoms with Crippen LogP contribution in [0.3, 0.4) is 0 Å². The predicted molar refractivity (Wildman–Crippen MR) is 85.4 cm³/mol. The van der Waals surface area contributed by atoms with Gasteiger partial charge < -0.3 is 20.7 Å². The number of halogens is 3. The van der Waals surface area contributed by atoms with Gasteiger partial charge in [-0.25, -0.2) is 10.8 Å². The quantitative estimate of drug-likeness (QED) is 0.566. The summed E-state index contributed by atoms with van der Waals surface area (Å²) in [5, 5.41) is 10.4. The number of rotatable bonds is 4. The smallest absolute Gasteiger partial charge is 0.395 e. The summed E-state index contributed by atoms with van der Waals surface area (Å²) in [5.41, 5.74) is 4.88. The fourth-order valence-electron chi connectivity index (χ4n) is 2.73. The van der Waals surface area contributed by atoms with E-state index in [1.54, 1.807) is 4.90 Å². The van der Waals surface area contributed by atoms with Crippen LogP contribution in [0.2, 0.25) is 0 Å². The summed E-state index contributed by atoms with van der Waals surface area (Å²) in [6.45, 7) is 0.640. The normalized spacial score (nSPS) is 16.8. The maximum Gasteiger partial charge on any atom is 0.435 e. The number of piperidine rings is 1. The molecule has 1 aromatic rings. The number of hydrogen-bond donors (Lipinski definition) is 3. The lowest BCUT2D eigenvalue weighted by atomic mass is 10.1. The third kappa shape index (κ3) is 3.90. The molecule has 5 N–H and O–H groups in total. The molecule has 0 atom stereocenters. The van der Waals surface area contributed by atoms with Gasteiger partial charge in [-0.15, -0.1) is 0 Å². The minimum absolute atomic E-state index is 0.0606. The molecule has 0 aliphatic carbocycles. The average Bonchev–Trinajstić information content (AvgIpc) is 2.54. The van der Waals surface area contributed by atoms with Crippen LogP contribution in [0.5, 0.6) is 0 Å². The monoisotopic (exact) mass is 345 g/mol. The summed E-state index contributed by atoms with van der Waals surface area (Å²) in [5.74, 6) is 5.53. The van der Waals surface area contributed by atoms with E-state index < -0.39 is 18.5 Å². The first-order chi connectivity index (χ1) is 11.3. The third-order valence-corrected chi connectivity index (χ3v) is 4.00. The van der Waals surface area contributed by atoms with Gasteiger partial charge in [0.25, 0.3) is 0 Å². The van der Waals surface area contributed by atoms with Crippen molar-refractivity contribution in [1.82, 2.24) is 9.99 Å². The van der Waals surface area contributed by atoms with Gasteiger partial charge in [0.05, 0.1) is 29.4 Å². The maximum absolute atomic E-state index is 13.5. The number of aromatic nitrogens is 1. The summed E-state index contributed by atoms with van der Waals surface area (Å²) in [7, 11) is 1.44. The summed E-state index contributed by atoms with van der Waals surface area (Å²) in [6, 6.07) is 2.81. The highest BCUT2D eigenvalue weighted by Gasteiger charge is 2.37. The van der Waals surface area contributed by atoms with Crippen LogP contribution in [0.4, 0.5) is 18.9 Å². The van der Waals surface area contributed by atoms with Crippen molar-refractivity contribution in [3.8, 4) is 0 Å². The van der Waals surface area contributed by atoms with Gasteiger partial charge in [-0.2, -0.15) is 13.2 Å². The van der Waals surface area contributed by atoms with E-state index in [0.717, 1.165) is 24.3 Å². The minimum atomic E-state index is -4.60. The first-order valence-corrected chi connectivity index (χ1v) is 7.67. The number of aliphatic hydroxyl groups is 1. The number of aliphatic hydroxyl groups excluding tert-OH is 1. The standard InChI is InChI=1S/C15H22F3N5O/c1-22(20)12(9-24)13(19)10-5-6-11(14(21-10)15(16,17)18)23-7-3-2-4-8-23/h5-6,24H,2-4,7-9,19-20H2,1H3/b13-12-. The van der Waals surface area contributed by atoms with Gasteiger partial charge in [-0.3, -0.25) is 0 Å². The van der Waals surface area contributed by atoms with Crippen molar-refractivity contribution in [3.63, 3.8) is 0 Å². The van der Waals surface area contributed by atoms with Crippen LogP contribution in [-0.2, 0) is 6.18 Å². The number of hydrogen-bond acceptors (Lipinski definition) is 6. The van der Waals surface area contributed by atoms with Crippen molar-refractivity contribution < 1.29 is 18.3 Å². The summed E-state index contributed by atoms with van der Waals surface area (Å²) in [4.78, 5) is 5.43. The molecule has 0 amide bonds. The zero-order chi connectivity index (χ0) is 17.9. The van der Waals surface area contributed by atoms with Gasteiger partial charge in [0.2, 0.25) is 0 Å². The Bertz CT molecular complexity index is 610. The Hall–Kier alpha value is -2.00. The van der Waals surface area contributed by atoms with Gasteiger partial charge in [0.15, 0.2) is 5.69 Å². The first-order valence-electron chi connectivity index (χ1n) is 7.67. The fourth-order valence-corrected chi connectivity index (χ4v) is 2.73. The van der Waals surface area contributed by atoms with Crippen molar-refractivity contribution in [2.24, 2.45) is 11.6 Å². The summed E-state index contributed by atoms with van der Waals surface area (Å²) >= 11 is 0. The molecule has 0 aromatic carbocycles. The van der Waals surface area contributed by atoms with Crippen molar-refractivity contribution in [2.75, 3.05) is 31.6 Å². The Balaban J connectivity index is 2.51. The predicted octanol–water partition coefficient (Wildman–Crippen LogP) is 1.52. The Morgan fingerprint density at radius 3 is 2.42 bits per heavy atom. The number of nitrogens with zero attached hydrogens (tertiary/aromatic N) is 3. The number of alkyl halides is 3. The molecule has 6 nitrogen and oxygen atoms in total. The molecular weight excluding hydrogens is 323 g/mol. The third-order valence-electron chi connectivity index (χ3n) is 4.00. The Morgan fingerprint density at radius 2 is 1.92 bits per heavy atom. The lowest BCUT2D eigenvalue weighted by Crippen LogP contribution is -2.32. The molecular formula is C15H22F3N5O. The molecule has 0 spiro atoms. The molecule has 134 valence electrons. The molecule has 24 heavy (non-hydrogen) atoms. The number of nitrogens with two attached hydrogens (primary N) is 2. The molecule has 1 fully saturated rings. The van der Waals surface area contributed by atoms with E-state index in [1.165, 1.54) is 19.2 Å². The highest BCUT2D eigenvalue weighted by atomic mass is 19.4. The zero-order valence-corrected chi connectivity index (χ0v) is 13.5. The van der Waals surface area contributed by atoms with E-state index in [9.17, 15) is 18.3 Å². The molecule has 0 saturated carbocycles. The van der Waals surface area contributed by atoms with E-state index >= 15 is 0 Å². The molecule has 1 saturated heterocycles. The van der Waals surface area contributed by atoms with E-state index in [-0.39, 0.29) is 22.8 Å². The minimum Gasteiger partial charge on any atom is -0.395 e. The van der Waals surface area contributed by atoms with Crippen molar-refractivity contribution in [1.29, 1.82) is 0 Å². The largest absolute Gasteiger partial charge is 0.435 e. The zero-order valence-electron chi connectivity index (χ0n) is 13.5. The highest BCUT2D eigenvalue weighted by molar-refractivity contribution is 5.65. The SMILES string of the molecule is CN(N)/C(CO)=C(\N)c1ccc(N2CCCCC2)c(C(F)(F)F)n1. The van der Waals surface area contributed by atoms with E-state index in [1.807, 2.05) is 0 Å². The van der Waals surface area contributed by atoms with Crippen LogP contribution in [0, 0.1) is 0 Å². The molecule has 1 aliphatic rings. The molecule has 1 aromatic heterocycles. The Kier molecular flexibility index (Phi) is 5.55. The van der Waals surface area contributed by atoms with Gasteiger partial charge in [0.1, 0.15) is 0 Å². The Morgan fingerprint density at radius 1 is 1.29 bits per heavy atom. The van der Waals surface area contributed by atoms with Gasteiger partial charge in [0, 0.05) is 20.1 Å². The number of hydrazine groups is 1. The van der Waals surface area contributed by atoms with Crippen molar-refractivity contribution in [3.05, 3.63) is 29.2 Å². The number of likely N-dealkylation sites (N-methyl/N-ethyl adjacent to an activating group) is 1. The maximum atomic E-state index is 13.5. The second-order valence-corrected chi connectivity index (χ2v) is 5.74. The molecule has 0 unspecified atom stereocenters. The molecule has 0 radical (unpaired) electrons. The van der Waals surface area contributed by atoms with E-state index in [4.69, 9.17) is 11.6 Å². The van der Waals surface area contributed by atoms with Gasteiger partial charge in [-0.1, -0.05) is 0 Å². The van der Waals surface area contributed by atoms with Gasteiger partial charge >= 0.3 is 6.18 Å². The van der Waals surface area contributed by atoms with Crippen molar-refractivity contribution in [2.45, 2.75) is 25.4 Å². The molecule has 1 aliphatic heterocycles. The van der Waals surface area contributed by atoms with Crippen LogP contribution >= 0.6 is 0 Å². The van der Waals surface area contributed by atoms with Crippen LogP contribution in [0.15, 0.2) is 17.8 Å². The van der Waals surface area contributed by atoms with Crippen LogP contribution < -0.4 is 16.5 Å². The molecule has 9 heteroatoms. The first kappa shape index (κ1) is 18.3. The average molecular weight is 345 g/mol. The van der Waals surface area contributed by atoms with Crippen LogP contribution in [0.25, 0.3) is 5.70 Å².